The minimum atomic E-state index is -0.403. The predicted molar refractivity (Wildman–Crippen MR) is 94.4 cm³/mol. The van der Waals surface area contributed by atoms with Crippen LogP contribution in [0.4, 0.5) is 0 Å². The zero-order valence-electron chi connectivity index (χ0n) is 14.9. The summed E-state index contributed by atoms with van der Waals surface area (Å²) in [4.78, 5) is 8.37. The predicted octanol–water partition coefficient (Wildman–Crippen LogP) is 3.90. The molecule has 1 aromatic carbocycles. The number of pyridine rings is 1. The molecule has 6 nitrogen and oxygen atoms in total. The maximum atomic E-state index is 5.87. The molecule has 130 valence electrons. The first-order valence-electron chi connectivity index (χ1n) is 8.17. The minimum absolute atomic E-state index is 0.403. The Hall–Kier alpha value is -2.73. The number of benzene rings is 1. The molecule has 6 heteroatoms. The third-order valence-corrected chi connectivity index (χ3v) is 3.90. The molecule has 3 rings (SSSR count). The van der Waals surface area contributed by atoms with Crippen molar-refractivity contribution in [1.82, 2.24) is 20.4 Å². The molecule has 0 aliphatic rings. The van der Waals surface area contributed by atoms with Crippen molar-refractivity contribution in [3.05, 3.63) is 65.6 Å². The molecule has 25 heavy (non-hydrogen) atoms. The molecule has 0 saturated heterocycles. The van der Waals surface area contributed by atoms with Gasteiger partial charge in [-0.2, -0.15) is 4.98 Å². The van der Waals surface area contributed by atoms with Crippen LogP contribution in [0, 0.1) is 13.8 Å². The van der Waals surface area contributed by atoms with Gasteiger partial charge in [-0.05, 0) is 57.0 Å². The van der Waals surface area contributed by atoms with Crippen molar-refractivity contribution in [2.45, 2.75) is 39.8 Å². The highest BCUT2D eigenvalue weighted by Gasteiger charge is 2.26. The van der Waals surface area contributed by atoms with Gasteiger partial charge in [-0.1, -0.05) is 17.3 Å². The van der Waals surface area contributed by atoms with Crippen LogP contribution in [0.5, 0.6) is 11.5 Å². The van der Waals surface area contributed by atoms with E-state index in [0.717, 1.165) is 22.6 Å². The normalized spacial score (nSPS) is 11.5. The Morgan fingerprint density at radius 3 is 2.68 bits per heavy atom. The number of nitrogens with zero attached hydrogens (tertiary/aromatic N) is 3. The lowest BCUT2D eigenvalue weighted by molar-refractivity contribution is 0.265. The summed E-state index contributed by atoms with van der Waals surface area (Å²) in [5, 5.41) is 7.31. The molecular formula is C19H22N4O2. The number of ether oxygens (including phenoxy) is 1. The number of hydrogen-bond acceptors (Lipinski definition) is 6. The van der Waals surface area contributed by atoms with Gasteiger partial charge in [0.05, 0.1) is 11.7 Å². The van der Waals surface area contributed by atoms with Crippen LogP contribution in [0.25, 0.3) is 0 Å². The summed E-state index contributed by atoms with van der Waals surface area (Å²) < 4.78 is 11.1. The van der Waals surface area contributed by atoms with Crippen molar-refractivity contribution >= 4 is 0 Å². The van der Waals surface area contributed by atoms with Gasteiger partial charge in [0.25, 0.3) is 0 Å². The maximum Gasteiger partial charge on any atom is 0.246 e. The molecule has 0 atom stereocenters. The lowest BCUT2D eigenvalue weighted by atomic mass is 10.0. The van der Waals surface area contributed by atoms with Crippen LogP contribution in [-0.4, -0.2) is 15.1 Å². The monoisotopic (exact) mass is 338 g/mol. The fourth-order valence-electron chi connectivity index (χ4n) is 2.42. The van der Waals surface area contributed by atoms with Crippen molar-refractivity contribution in [2.24, 2.45) is 0 Å². The van der Waals surface area contributed by atoms with Gasteiger partial charge in [-0.3, -0.25) is 10.3 Å². The largest absolute Gasteiger partial charge is 0.455 e. The fraction of sp³-hybridized carbons (Fsp3) is 0.316. The van der Waals surface area contributed by atoms with Crippen LogP contribution >= 0.6 is 0 Å². The van der Waals surface area contributed by atoms with E-state index in [9.17, 15) is 0 Å². The van der Waals surface area contributed by atoms with Gasteiger partial charge in [-0.15, -0.1) is 0 Å². The summed E-state index contributed by atoms with van der Waals surface area (Å²) in [5.41, 5.74) is 1.81. The molecule has 0 bridgehead atoms. The summed E-state index contributed by atoms with van der Waals surface area (Å²) in [6.07, 6.45) is 3.42. The van der Waals surface area contributed by atoms with Crippen molar-refractivity contribution < 1.29 is 9.26 Å². The Morgan fingerprint density at radius 1 is 1.20 bits per heavy atom. The molecule has 0 saturated carbocycles. The summed E-state index contributed by atoms with van der Waals surface area (Å²) in [5.74, 6) is 2.77. The highest BCUT2D eigenvalue weighted by Crippen LogP contribution is 2.26. The van der Waals surface area contributed by atoms with E-state index in [1.54, 1.807) is 12.4 Å². The summed E-state index contributed by atoms with van der Waals surface area (Å²) >= 11 is 0. The minimum Gasteiger partial charge on any atom is -0.455 e. The quantitative estimate of drug-likeness (QED) is 0.735. The van der Waals surface area contributed by atoms with Crippen LogP contribution in [0.3, 0.4) is 0 Å². The first kappa shape index (κ1) is 17.1. The van der Waals surface area contributed by atoms with E-state index >= 15 is 0 Å². The van der Waals surface area contributed by atoms with E-state index in [1.807, 2.05) is 52.0 Å². The molecule has 0 spiro atoms. The zero-order chi connectivity index (χ0) is 17.9. The van der Waals surface area contributed by atoms with Crippen LogP contribution < -0.4 is 10.1 Å². The standard InChI is InChI=1S/C19H22N4O2/c1-13-10-15(7-8-17(13)24-16-6-5-9-20-12-16)11-21-19(3,4)18-22-14(2)23-25-18/h5-10,12,21H,11H2,1-4H3. The molecule has 3 aromatic rings. The molecule has 0 unspecified atom stereocenters. The molecule has 0 aliphatic carbocycles. The Kier molecular flexibility index (Phi) is 4.81. The van der Waals surface area contributed by atoms with Crippen molar-refractivity contribution in [1.29, 1.82) is 0 Å². The number of rotatable bonds is 6. The third kappa shape index (κ3) is 4.22. The van der Waals surface area contributed by atoms with E-state index in [4.69, 9.17) is 9.26 Å². The van der Waals surface area contributed by atoms with Crippen molar-refractivity contribution in [2.75, 3.05) is 0 Å². The molecule has 0 amide bonds. The smallest absolute Gasteiger partial charge is 0.246 e. The van der Waals surface area contributed by atoms with Crippen molar-refractivity contribution in [3.63, 3.8) is 0 Å². The molecule has 1 N–H and O–H groups in total. The molecule has 0 radical (unpaired) electrons. The van der Waals surface area contributed by atoms with E-state index in [-0.39, 0.29) is 0 Å². The maximum absolute atomic E-state index is 5.87. The van der Waals surface area contributed by atoms with Crippen LogP contribution in [0.15, 0.2) is 47.2 Å². The number of nitrogens with one attached hydrogen (secondary N) is 1. The second-order valence-corrected chi connectivity index (χ2v) is 6.52. The van der Waals surface area contributed by atoms with E-state index in [2.05, 4.69) is 26.5 Å². The first-order chi connectivity index (χ1) is 11.9. The average molecular weight is 338 g/mol. The van der Waals surface area contributed by atoms with Crippen LogP contribution in [-0.2, 0) is 12.1 Å². The fourth-order valence-corrected chi connectivity index (χ4v) is 2.42. The topological polar surface area (TPSA) is 73.1 Å². The molecule has 2 aromatic heterocycles. The molecule has 0 fully saturated rings. The van der Waals surface area contributed by atoms with Gasteiger partial charge in [0.2, 0.25) is 5.89 Å². The van der Waals surface area contributed by atoms with E-state index in [0.29, 0.717) is 18.3 Å². The molecular weight excluding hydrogens is 316 g/mol. The zero-order valence-corrected chi connectivity index (χ0v) is 14.9. The Balaban J connectivity index is 1.67. The molecule has 2 heterocycles. The highest BCUT2D eigenvalue weighted by atomic mass is 16.5. The number of aromatic nitrogens is 3. The second-order valence-electron chi connectivity index (χ2n) is 6.52. The number of hydrogen-bond donors (Lipinski definition) is 1. The van der Waals surface area contributed by atoms with E-state index in [1.165, 1.54) is 0 Å². The van der Waals surface area contributed by atoms with Gasteiger partial charge in [-0.25, -0.2) is 0 Å². The van der Waals surface area contributed by atoms with Gasteiger partial charge >= 0.3 is 0 Å². The van der Waals surface area contributed by atoms with Crippen LogP contribution in [0.2, 0.25) is 0 Å². The SMILES string of the molecule is Cc1noc(C(C)(C)NCc2ccc(Oc3cccnc3)c(C)c2)n1. The van der Waals surface area contributed by atoms with Crippen molar-refractivity contribution in [3.8, 4) is 11.5 Å². The van der Waals surface area contributed by atoms with Gasteiger partial charge in [0.15, 0.2) is 5.82 Å². The first-order valence-corrected chi connectivity index (χ1v) is 8.17. The lowest BCUT2D eigenvalue weighted by Crippen LogP contribution is -2.36. The summed E-state index contributed by atoms with van der Waals surface area (Å²) in [6.45, 7) is 8.57. The lowest BCUT2D eigenvalue weighted by Gasteiger charge is -2.22. The Labute approximate surface area is 147 Å². The Morgan fingerprint density at radius 2 is 2.04 bits per heavy atom. The van der Waals surface area contributed by atoms with Gasteiger partial charge in [0, 0.05) is 12.7 Å². The van der Waals surface area contributed by atoms with Gasteiger partial charge in [0.1, 0.15) is 11.5 Å². The molecule has 0 aliphatic heterocycles. The third-order valence-electron chi connectivity index (χ3n) is 3.90. The highest BCUT2D eigenvalue weighted by molar-refractivity contribution is 5.39. The average Bonchev–Trinajstić information content (AvgIpc) is 3.04. The summed E-state index contributed by atoms with van der Waals surface area (Å²) in [6, 6.07) is 9.86. The second kappa shape index (κ2) is 7.03. The van der Waals surface area contributed by atoms with Crippen LogP contribution in [0.1, 0.15) is 36.7 Å². The summed E-state index contributed by atoms with van der Waals surface area (Å²) in [7, 11) is 0. The van der Waals surface area contributed by atoms with E-state index < -0.39 is 5.54 Å². The number of aryl methyl sites for hydroxylation is 2. The van der Waals surface area contributed by atoms with Gasteiger partial charge < -0.3 is 9.26 Å². The Bertz CT molecular complexity index is 844.